The maximum Gasteiger partial charge on any atom is 0.306 e. The summed E-state index contributed by atoms with van der Waals surface area (Å²) < 4.78 is 5.48. The number of hydrogen-bond acceptors (Lipinski definition) is 5. The lowest BCUT2D eigenvalue weighted by atomic mass is 9.80. The van der Waals surface area contributed by atoms with E-state index in [0.29, 0.717) is 41.8 Å². The lowest BCUT2D eigenvalue weighted by Crippen LogP contribution is -2.46. The van der Waals surface area contributed by atoms with Gasteiger partial charge in [0.15, 0.2) is 0 Å². The highest BCUT2D eigenvalue weighted by Crippen LogP contribution is 2.41. The average Bonchev–Trinajstić information content (AvgIpc) is 3.31. The number of carboxylic acid groups (broad SMARTS) is 1. The molecule has 0 aromatic carbocycles. The highest BCUT2D eigenvalue weighted by molar-refractivity contribution is 6.06. The first-order valence-corrected chi connectivity index (χ1v) is 9.54. The van der Waals surface area contributed by atoms with E-state index >= 15 is 0 Å². The van der Waals surface area contributed by atoms with Crippen molar-refractivity contribution in [3.8, 4) is 0 Å². The van der Waals surface area contributed by atoms with Crippen LogP contribution in [-0.4, -0.2) is 33.2 Å². The molecule has 2 heterocycles. The Balaban J connectivity index is 1.65. The third kappa shape index (κ3) is 3.68. The molecular formula is C20H25N3O4. The maximum absolute atomic E-state index is 13.0. The van der Waals surface area contributed by atoms with E-state index in [4.69, 9.17) is 9.63 Å². The second-order valence-corrected chi connectivity index (χ2v) is 9.09. The van der Waals surface area contributed by atoms with Crippen LogP contribution in [0.25, 0.3) is 11.1 Å². The van der Waals surface area contributed by atoms with Gasteiger partial charge in [0.2, 0.25) is 0 Å². The molecule has 0 bridgehead atoms. The van der Waals surface area contributed by atoms with Gasteiger partial charge < -0.3 is 14.9 Å². The van der Waals surface area contributed by atoms with Gasteiger partial charge in [0, 0.05) is 17.7 Å². The molecule has 2 N–H and O–H groups in total. The zero-order valence-electron chi connectivity index (χ0n) is 15.9. The molecule has 0 saturated heterocycles. The molecular weight excluding hydrogens is 346 g/mol. The average molecular weight is 371 g/mol. The van der Waals surface area contributed by atoms with Crippen LogP contribution in [0.15, 0.2) is 10.6 Å². The summed E-state index contributed by atoms with van der Waals surface area (Å²) in [6.45, 7) is 6.33. The van der Waals surface area contributed by atoms with E-state index in [1.165, 1.54) is 0 Å². The Hall–Kier alpha value is -2.44. The Bertz CT molecular complexity index is 902. The van der Waals surface area contributed by atoms with Crippen molar-refractivity contribution in [3.05, 3.63) is 23.0 Å². The SMILES string of the molecule is CC(C)(C)Cc1noc2nc(C3CC3)cc(C(=O)NC3CC(C(=O)O)C3)c12. The molecule has 0 atom stereocenters. The Morgan fingerprint density at radius 1 is 1.30 bits per heavy atom. The minimum absolute atomic E-state index is 0.00457. The summed E-state index contributed by atoms with van der Waals surface area (Å²) >= 11 is 0. The first-order valence-electron chi connectivity index (χ1n) is 9.54. The number of amides is 1. The van der Waals surface area contributed by atoms with Crippen molar-refractivity contribution in [2.24, 2.45) is 11.3 Å². The molecule has 2 aliphatic rings. The molecule has 0 aliphatic heterocycles. The molecule has 4 rings (SSSR count). The van der Waals surface area contributed by atoms with Crippen LogP contribution >= 0.6 is 0 Å². The first-order chi connectivity index (χ1) is 12.7. The number of nitrogens with one attached hydrogen (secondary N) is 1. The number of nitrogens with zero attached hydrogens (tertiary/aromatic N) is 2. The van der Waals surface area contributed by atoms with Gasteiger partial charge in [0.25, 0.3) is 11.6 Å². The van der Waals surface area contributed by atoms with Gasteiger partial charge in [0.05, 0.1) is 22.6 Å². The number of pyridine rings is 1. The van der Waals surface area contributed by atoms with E-state index < -0.39 is 5.97 Å². The second-order valence-electron chi connectivity index (χ2n) is 9.09. The van der Waals surface area contributed by atoms with Crippen molar-refractivity contribution < 1.29 is 19.2 Å². The van der Waals surface area contributed by atoms with Crippen LogP contribution < -0.4 is 5.32 Å². The molecule has 2 saturated carbocycles. The normalized spacial score (nSPS) is 22.5. The molecule has 7 heteroatoms. The third-order valence-electron chi connectivity index (χ3n) is 5.30. The van der Waals surface area contributed by atoms with Crippen molar-refractivity contribution in [1.82, 2.24) is 15.5 Å². The molecule has 0 spiro atoms. The zero-order valence-corrected chi connectivity index (χ0v) is 15.9. The summed E-state index contributed by atoms with van der Waals surface area (Å²) in [6, 6.07) is 1.77. The fourth-order valence-corrected chi connectivity index (χ4v) is 3.62. The molecule has 2 aromatic rings. The largest absolute Gasteiger partial charge is 0.481 e. The maximum atomic E-state index is 13.0. The van der Waals surface area contributed by atoms with Crippen LogP contribution in [0.1, 0.15) is 74.1 Å². The van der Waals surface area contributed by atoms with Gasteiger partial charge in [-0.3, -0.25) is 9.59 Å². The number of carbonyl (C=O) groups excluding carboxylic acids is 1. The van der Waals surface area contributed by atoms with E-state index in [1.807, 2.05) is 6.07 Å². The van der Waals surface area contributed by atoms with E-state index in [1.54, 1.807) is 0 Å². The van der Waals surface area contributed by atoms with Crippen LogP contribution in [0.4, 0.5) is 0 Å². The van der Waals surface area contributed by atoms with Crippen LogP contribution in [0.2, 0.25) is 0 Å². The minimum Gasteiger partial charge on any atom is -0.481 e. The first kappa shape index (κ1) is 17.9. The van der Waals surface area contributed by atoms with Gasteiger partial charge in [-0.2, -0.15) is 0 Å². The monoisotopic (exact) mass is 371 g/mol. The van der Waals surface area contributed by atoms with Crippen molar-refractivity contribution >= 4 is 23.0 Å². The number of carboxylic acids is 1. The third-order valence-corrected chi connectivity index (χ3v) is 5.30. The predicted molar refractivity (Wildman–Crippen MR) is 98.6 cm³/mol. The molecule has 2 aromatic heterocycles. The molecule has 144 valence electrons. The summed E-state index contributed by atoms with van der Waals surface area (Å²) in [6.07, 6.45) is 3.78. The molecule has 1 amide bonds. The smallest absolute Gasteiger partial charge is 0.306 e. The molecule has 2 fully saturated rings. The number of carbonyl (C=O) groups is 2. The fourth-order valence-electron chi connectivity index (χ4n) is 3.62. The Kier molecular flexibility index (Phi) is 4.20. The molecule has 27 heavy (non-hydrogen) atoms. The number of hydrogen-bond donors (Lipinski definition) is 2. The standard InChI is InChI=1S/C20H25N3O4/c1-20(2,3)9-15-16-13(17(24)21-12-6-11(7-12)19(25)26)8-14(10-4-5-10)22-18(16)27-23-15/h8,10-12H,4-7,9H2,1-3H3,(H,21,24)(H,25,26). The van der Waals surface area contributed by atoms with Crippen LogP contribution in [0, 0.1) is 11.3 Å². The molecule has 0 radical (unpaired) electrons. The highest BCUT2D eigenvalue weighted by atomic mass is 16.5. The van der Waals surface area contributed by atoms with E-state index in [9.17, 15) is 9.59 Å². The molecule has 2 aliphatic carbocycles. The summed E-state index contributed by atoms with van der Waals surface area (Å²) in [5.41, 5.74) is 2.58. The van der Waals surface area contributed by atoms with Gasteiger partial charge in [-0.05, 0) is 43.6 Å². The quantitative estimate of drug-likeness (QED) is 0.835. The van der Waals surface area contributed by atoms with Crippen LogP contribution in [0.5, 0.6) is 0 Å². The fraction of sp³-hybridized carbons (Fsp3) is 0.600. The van der Waals surface area contributed by atoms with Gasteiger partial charge >= 0.3 is 5.97 Å². The predicted octanol–water partition coefficient (Wildman–Crippen LogP) is 3.28. The van der Waals surface area contributed by atoms with Gasteiger partial charge in [-0.15, -0.1) is 0 Å². The number of aliphatic carboxylic acids is 1. The van der Waals surface area contributed by atoms with Crippen molar-refractivity contribution in [2.45, 2.75) is 64.8 Å². The molecule has 7 nitrogen and oxygen atoms in total. The number of rotatable bonds is 5. The van der Waals surface area contributed by atoms with Crippen LogP contribution in [-0.2, 0) is 11.2 Å². The lowest BCUT2D eigenvalue weighted by Gasteiger charge is -2.32. The lowest BCUT2D eigenvalue weighted by molar-refractivity contribution is -0.145. The van der Waals surface area contributed by atoms with Crippen molar-refractivity contribution in [2.75, 3.05) is 0 Å². The van der Waals surface area contributed by atoms with Crippen molar-refractivity contribution in [3.63, 3.8) is 0 Å². The Morgan fingerprint density at radius 2 is 2.00 bits per heavy atom. The van der Waals surface area contributed by atoms with E-state index in [0.717, 1.165) is 24.2 Å². The number of fused-ring (bicyclic) bond motifs is 1. The number of aromatic nitrogens is 2. The van der Waals surface area contributed by atoms with E-state index in [-0.39, 0.29) is 23.3 Å². The van der Waals surface area contributed by atoms with Crippen molar-refractivity contribution in [1.29, 1.82) is 0 Å². The summed E-state index contributed by atoms with van der Waals surface area (Å²) in [5.74, 6) is -0.968. The summed E-state index contributed by atoms with van der Waals surface area (Å²) in [4.78, 5) is 28.6. The minimum atomic E-state index is -0.797. The Morgan fingerprint density at radius 3 is 2.59 bits per heavy atom. The van der Waals surface area contributed by atoms with Gasteiger partial charge in [0.1, 0.15) is 0 Å². The summed E-state index contributed by atoms with van der Waals surface area (Å²) in [7, 11) is 0. The Labute approximate surface area is 157 Å². The zero-order chi connectivity index (χ0) is 19.3. The highest BCUT2D eigenvalue weighted by Gasteiger charge is 2.36. The second kappa shape index (κ2) is 6.32. The van der Waals surface area contributed by atoms with Crippen LogP contribution in [0.3, 0.4) is 0 Å². The molecule has 0 unspecified atom stereocenters. The summed E-state index contributed by atoms with van der Waals surface area (Å²) in [5, 5.41) is 16.9. The topological polar surface area (TPSA) is 105 Å². The van der Waals surface area contributed by atoms with E-state index in [2.05, 4.69) is 36.2 Å². The van der Waals surface area contributed by atoms with Gasteiger partial charge in [-0.25, -0.2) is 4.98 Å². The van der Waals surface area contributed by atoms with Gasteiger partial charge in [-0.1, -0.05) is 25.9 Å².